The van der Waals surface area contributed by atoms with E-state index in [2.05, 4.69) is 9.97 Å². The molecule has 4 nitrogen and oxygen atoms in total. The first kappa shape index (κ1) is 10.9. The summed E-state index contributed by atoms with van der Waals surface area (Å²) in [6.07, 6.45) is 3.14. The number of nitrogens with two attached hydrogens (primary N) is 1. The molecule has 0 aliphatic rings. The largest absolute Gasteiger partial charge is 0.437 e. The average molecular weight is 236 g/mol. The number of hydrogen-bond donors (Lipinski definition) is 1. The molecule has 0 atom stereocenters. The zero-order chi connectivity index (χ0) is 11.4. The molecule has 2 rings (SSSR count). The second-order valence-electron chi connectivity index (χ2n) is 3.11. The van der Waals surface area contributed by atoms with Gasteiger partial charge < -0.3 is 10.5 Å². The van der Waals surface area contributed by atoms with Gasteiger partial charge in [-0.25, -0.2) is 4.98 Å². The zero-order valence-corrected chi connectivity index (χ0v) is 9.19. The predicted molar refractivity (Wildman–Crippen MR) is 61.4 cm³/mol. The van der Waals surface area contributed by atoms with Gasteiger partial charge in [0.05, 0.1) is 11.9 Å². The van der Waals surface area contributed by atoms with E-state index in [1.54, 1.807) is 30.5 Å². The van der Waals surface area contributed by atoms with E-state index in [4.69, 9.17) is 22.1 Å². The third kappa shape index (κ3) is 2.68. The fourth-order valence-corrected chi connectivity index (χ4v) is 1.28. The Bertz CT molecular complexity index is 473. The van der Waals surface area contributed by atoms with Crippen LogP contribution in [0, 0.1) is 0 Å². The van der Waals surface area contributed by atoms with Crippen LogP contribution in [0.15, 0.2) is 36.7 Å². The van der Waals surface area contributed by atoms with E-state index in [1.165, 1.54) is 6.20 Å². The van der Waals surface area contributed by atoms with E-state index in [-0.39, 0.29) is 0 Å². The third-order valence-electron chi connectivity index (χ3n) is 1.91. The van der Waals surface area contributed by atoms with Gasteiger partial charge in [-0.05, 0) is 24.3 Å². The van der Waals surface area contributed by atoms with Crippen LogP contribution >= 0.6 is 11.6 Å². The lowest BCUT2D eigenvalue weighted by Gasteiger charge is -2.04. The molecule has 0 radical (unpaired) electrons. The summed E-state index contributed by atoms with van der Waals surface area (Å²) in [4.78, 5) is 8.14. The highest BCUT2D eigenvalue weighted by Gasteiger charge is 2.00. The molecule has 1 aromatic carbocycles. The van der Waals surface area contributed by atoms with Crippen molar-refractivity contribution in [3.63, 3.8) is 0 Å². The van der Waals surface area contributed by atoms with E-state index < -0.39 is 0 Å². The van der Waals surface area contributed by atoms with Crippen molar-refractivity contribution in [2.75, 3.05) is 0 Å². The number of hydrogen-bond acceptors (Lipinski definition) is 4. The molecule has 0 unspecified atom stereocenters. The van der Waals surface area contributed by atoms with Gasteiger partial charge in [0.25, 0.3) is 0 Å². The standard InChI is InChI=1S/C11H10ClN3O/c12-8-1-3-10(4-2-8)16-11-7-14-6-9(5-13)15-11/h1-4,6-7H,5,13H2. The minimum atomic E-state index is 0.338. The first-order valence-corrected chi connectivity index (χ1v) is 5.10. The smallest absolute Gasteiger partial charge is 0.238 e. The summed E-state index contributed by atoms with van der Waals surface area (Å²) < 4.78 is 5.49. The summed E-state index contributed by atoms with van der Waals surface area (Å²) in [5, 5.41) is 0.661. The molecule has 0 bridgehead atoms. The SMILES string of the molecule is NCc1cncc(Oc2ccc(Cl)cc2)n1. The van der Waals surface area contributed by atoms with Gasteiger partial charge in [-0.3, -0.25) is 4.98 Å². The summed E-state index contributed by atoms with van der Waals surface area (Å²) in [7, 11) is 0. The Morgan fingerprint density at radius 1 is 1.19 bits per heavy atom. The molecule has 0 amide bonds. The predicted octanol–water partition coefficient (Wildman–Crippen LogP) is 2.38. The van der Waals surface area contributed by atoms with E-state index >= 15 is 0 Å². The van der Waals surface area contributed by atoms with Gasteiger partial charge in [-0.2, -0.15) is 0 Å². The monoisotopic (exact) mass is 235 g/mol. The maximum Gasteiger partial charge on any atom is 0.238 e. The van der Waals surface area contributed by atoms with Crippen molar-refractivity contribution < 1.29 is 4.74 Å². The number of halogens is 1. The molecule has 0 spiro atoms. The minimum Gasteiger partial charge on any atom is -0.437 e. The number of rotatable bonds is 3. The van der Waals surface area contributed by atoms with Crippen LogP contribution in [-0.2, 0) is 6.54 Å². The topological polar surface area (TPSA) is 61.0 Å². The van der Waals surface area contributed by atoms with Crippen LogP contribution in [0.2, 0.25) is 5.02 Å². The first-order chi connectivity index (χ1) is 7.78. The van der Waals surface area contributed by atoms with Crippen LogP contribution in [-0.4, -0.2) is 9.97 Å². The number of ether oxygens (including phenoxy) is 1. The maximum absolute atomic E-state index is 5.76. The summed E-state index contributed by atoms with van der Waals surface area (Å²) in [5.74, 6) is 1.08. The van der Waals surface area contributed by atoms with Crippen LogP contribution in [0.25, 0.3) is 0 Å². The van der Waals surface area contributed by atoms with Crippen molar-refractivity contribution >= 4 is 11.6 Å². The van der Waals surface area contributed by atoms with Gasteiger partial charge >= 0.3 is 0 Å². The van der Waals surface area contributed by atoms with E-state index in [1.807, 2.05) is 0 Å². The van der Waals surface area contributed by atoms with Gasteiger partial charge in [0.2, 0.25) is 5.88 Å². The van der Waals surface area contributed by atoms with Crippen LogP contribution in [0.3, 0.4) is 0 Å². The molecular formula is C11H10ClN3O. The Kier molecular flexibility index (Phi) is 3.34. The van der Waals surface area contributed by atoms with Crippen molar-refractivity contribution in [2.45, 2.75) is 6.54 Å². The Hall–Kier alpha value is -1.65. The quantitative estimate of drug-likeness (QED) is 0.887. The summed E-state index contributed by atoms with van der Waals surface area (Å²) in [6, 6.07) is 7.02. The van der Waals surface area contributed by atoms with Crippen molar-refractivity contribution in [1.82, 2.24) is 9.97 Å². The lowest BCUT2D eigenvalue weighted by Crippen LogP contribution is -2.01. The molecule has 1 heterocycles. The lowest BCUT2D eigenvalue weighted by atomic mass is 10.3. The normalized spacial score (nSPS) is 10.1. The molecule has 0 saturated heterocycles. The molecular weight excluding hydrogens is 226 g/mol. The number of aromatic nitrogens is 2. The highest BCUT2D eigenvalue weighted by atomic mass is 35.5. The molecule has 0 saturated carbocycles. The van der Waals surface area contributed by atoms with Crippen molar-refractivity contribution in [2.24, 2.45) is 5.73 Å². The van der Waals surface area contributed by atoms with Crippen LogP contribution in [0.1, 0.15) is 5.69 Å². The molecule has 1 aromatic heterocycles. The van der Waals surface area contributed by atoms with Crippen LogP contribution in [0.5, 0.6) is 11.6 Å². The van der Waals surface area contributed by atoms with E-state index in [0.717, 1.165) is 0 Å². The molecule has 5 heteroatoms. The fraction of sp³-hybridized carbons (Fsp3) is 0.0909. The van der Waals surface area contributed by atoms with Gasteiger partial charge in [0.1, 0.15) is 5.75 Å². The van der Waals surface area contributed by atoms with Gasteiger partial charge in [-0.1, -0.05) is 11.6 Å². The van der Waals surface area contributed by atoms with Crippen LogP contribution < -0.4 is 10.5 Å². The van der Waals surface area contributed by atoms with E-state index in [0.29, 0.717) is 28.9 Å². The maximum atomic E-state index is 5.76. The Morgan fingerprint density at radius 2 is 1.94 bits per heavy atom. The van der Waals surface area contributed by atoms with Crippen molar-refractivity contribution in [1.29, 1.82) is 0 Å². The van der Waals surface area contributed by atoms with Crippen molar-refractivity contribution in [3.05, 3.63) is 47.4 Å². The summed E-state index contributed by atoms with van der Waals surface area (Å²) in [6.45, 7) is 0.338. The third-order valence-corrected chi connectivity index (χ3v) is 2.16. The molecule has 0 fully saturated rings. The summed E-state index contributed by atoms with van der Waals surface area (Å²) >= 11 is 5.76. The molecule has 0 aliphatic carbocycles. The second-order valence-corrected chi connectivity index (χ2v) is 3.55. The van der Waals surface area contributed by atoms with Crippen molar-refractivity contribution in [3.8, 4) is 11.6 Å². The zero-order valence-electron chi connectivity index (χ0n) is 8.43. The molecule has 16 heavy (non-hydrogen) atoms. The van der Waals surface area contributed by atoms with Gasteiger partial charge in [0.15, 0.2) is 0 Å². The molecule has 0 aliphatic heterocycles. The Labute approximate surface area is 98.0 Å². The average Bonchev–Trinajstić information content (AvgIpc) is 2.32. The molecule has 2 N–H and O–H groups in total. The highest BCUT2D eigenvalue weighted by molar-refractivity contribution is 6.30. The van der Waals surface area contributed by atoms with Gasteiger partial charge in [-0.15, -0.1) is 0 Å². The Morgan fingerprint density at radius 3 is 2.62 bits per heavy atom. The number of benzene rings is 1. The van der Waals surface area contributed by atoms with E-state index in [9.17, 15) is 0 Å². The minimum absolute atomic E-state index is 0.338. The first-order valence-electron chi connectivity index (χ1n) is 4.72. The second kappa shape index (κ2) is 4.92. The molecule has 82 valence electrons. The Balaban J connectivity index is 2.16. The van der Waals surface area contributed by atoms with Gasteiger partial charge in [0, 0.05) is 17.8 Å². The lowest BCUT2D eigenvalue weighted by molar-refractivity contribution is 0.457. The summed E-state index contributed by atoms with van der Waals surface area (Å²) in [5.41, 5.74) is 6.14. The molecule has 2 aromatic rings. The number of nitrogens with zero attached hydrogens (tertiary/aromatic N) is 2. The highest BCUT2D eigenvalue weighted by Crippen LogP contribution is 2.20. The fourth-order valence-electron chi connectivity index (χ4n) is 1.16. The van der Waals surface area contributed by atoms with Crippen LogP contribution in [0.4, 0.5) is 0 Å².